The van der Waals surface area contributed by atoms with Crippen LogP contribution >= 0.6 is 11.8 Å². The number of rotatable bonds is 4. The van der Waals surface area contributed by atoms with Crippen LogP contribution in [-0.4, -0.2) is 32.9 Å². The number of carbonyl (C=O) groups excluding carboxylic acids is 1. The molecule has 0 unspecified atom stereocenters. The molecule has 10 nitrogen and oxygen atoms in total. The van der Waals surface area contributed by atoms with Gasteiger partial charge in [0.1, 0.15) is 5.56 Å². The Morgan fingerprint density at radius 3 is 2.33 bits per heavy atom. The van der Waals surface area contributed by atoms with Gasteiger partial charge in [-0.2, -0.15) is 5.10 Å². The number of nitrogens with zero attached hydrogens (tertiary/aromatic N) is 4. The quantitative estimate of drug-likeness (QED) is 0.501. The second-order valence-corrected chi connectivity index (χ2v) is 4.67. The second-order valence-electron chi connectivity index (χ2n) is 3.71. The molecule has 0 bridgehead atoms. The van der Waals surface area contributed by atoms with Crippen molar-refractivity contribution in [1.82, 2.24) is 5.32 Å². The molecule has 1 fully saturated rings. The maximum Gasteiger partial charge on any atom is 0.285 e. The van der Waals surface area contributed by atoms with Crippen LogP contribution in [0.1, 0.15) is 5.56 Å². The molecule has 1 amide bonds. The van der Waals surface area contributed by atoms with Crippen molar-refractivity contribution in [2.45, 2.75) is 0 Å². The van der Waals surface area contributed by atoms with Crippen molar-refractivity contribution in [1.29, 1.82) is 0 Å². The van der Waals surface area contributed by atoms with Crippen LogP contribution in [0.15, 0.2) is 28.4 Å². The van der Waals surface area contributed by atoms with Gasteiger partial charge in [0.25, 0.3) is 11.4 Å². The predicted molar refractivity (Wildman–Crippen MR) is 75.4 cm³/mol. The van der Waals surface area contributed by atoms with Crippen molar-refractivity contribution in [3.63, 3.8) is 0 Å². The minimum atomic E-state index is -0.742. The number of amidine groups is 1. The number of benzene rings is 1. The largest absolute Gasteiger partial charge is 0.303 e. The fraction of sp³-hybridized carbons (Fsp3) is 0.100. The third-order valence-electron chi connectivity index (χ3n) is 2.38. The monoisotopic (exact) mass is 309 g/mol. The van der Waals surface area contributed by atoms with Crippen LogP contribution < -0.4 is 5.32 Å². The number of nitrogens with one attached hydrogen (secondary N) is 1. The first-order chi connectivity index (χ1) is 9.99. The van der Waals surface area contributed by atoms with Crippen molar-refractivity contribution in [2.75, 3.05) is 5.75 Å². The summed E-state index contributed by atoms with van der Waals surface area (Å²) in [5.41, 5.74) is -1.15. The lowest BCUT2D eigenvalue weighted by Crippen LogP contribution is -2.19. The molecule has 1 aromatic carbocycles. The molecule has 0 saturated carbocycles. The molecule has 0 spiro atoms. The topological polar surface area (TPSA) is 140 Å². The Balaban J connectivity index is 2.35. The minimum absolute atomic E-state index is 0.208. The van der Waals surface area contributed by atoms with E-state index in [9.17, 15) is 25.0 Å². The molecule has 1 aliphatic rings. The first kappa shape index (κ1) is 14.6. The van der Waals surface area contributed by atoms with Gasteiger partial charge in [0.15, 0.2) is 5.17 Å². The van der Waals surface area contributed by atoms with Gasteiger partial charge in [0.2, 0.25) is 5.91 Å². The van der Waals surface area contributed by atoms with Crippen LogP contribution in [0.2, 0.25) is 0 Å². The first-order valence-electron chi connectivity index (χ1n) is 5.44. The molecule has 0 aliphatic carbocycles. The van der Waals surface area contributed by atoms with Crippen LogP contribution in [0, 0.1) is 20.2 Å². The number of carbonyl (C=O) groups is 1. The second kappa shape index (κ2) is 6.09. The van der Waals surface area contributed by atoms with Crippen LogP contribution in [0.25, 0.3) is 0 Å². The normalized spacial score (nSPS) is 16.4. The molecule has 21 heavy (non-hydrogen) atoms. The third kappa shape index (κ3) is 3.39. The molecule has 0 radical (unpaired) electrons. The van der Waals surface area contributed by atoms with E-state index in [4.69, 9.17) is 0 Å². The van der Waals surface area contributed by atoms with Gasteiger partial charge in [-0.25, -0.2) is 0 Å². The number of nitro groups is 2. The SMILES string of the molecule is O=C1CSC(=NN=Cc2c([N+](=O)[O-])cccc2[N+](=O)[O-])N1. The molecule has 1 N–H and O–H groups in total. The van der Waals surface area contributed by atoms with E-state index >= 15 is 0 Å². The average Bonchev–Trinajstić information content (AvgIpc) is 2.84. The van der Waals surface area contributed by atoms with E-state index in [0.29, 0.717) is 0 Å². The fourth-order valence-corrected chi connectivity index (χ4v) is 2.14. The number of amides is 1. The van der Waals surface area contributed by atoms with Gasteiger partial charge in [-0.1, -0.05) is 11.8 Å². The molecule has 0 aromatic heterocycles. The molecule has 108 valence electrons. The highest BCUT2D eigenvalue weighted by atomic mass is 32.2. The number of thioether (sulfide) groups is 1. The predicted octanol–water partition coefficient (Wildman–Crippen LogP) is 1.06. The van der Waals surface area contributed by atoms with Crippen molar-refractivity contribution in [3.8, 4) is 0 Å². The van der Waals surface area contributed by atoms with E-state index in [2.05, 4.69) is 15.5 Å². The molecule has 1 aliphatic heterocycles. The highest BCUT2D eigenvalue weighted by Crippen LogP contribution is 2.26. The fourth-order valence-electron chi connectivity index (χ4n) is 1.51. The zero-order valence-electron chi connectivity index (χ0n) is 10.3. The number of nitro benzene ring substituents is 2. The summed E-state index contributed by atoms with van der Waals surface area (Å²) in [5.74, 6) is -0.0226. The van der Waals surface area contributed by atoms with Gasteiger partial charge in [0, 0.05) is 12.1 Å². The molecule has 2 rings (SSSR count). The van der Waals surface area contributed by atoms with Gasteiger partial charge in [0.05, 0.1) is 21.8 Å². The third-order valence-corrected chi connectivity index (χ3v) is 3.24. The van der Waals surface area contributed by atoms with Gasteiger partial charge < -0.3 is 5.32 Å². The summed E-state index contributed by atoms with van der Waals surface area (Å²) in [5, 5.41) is 31.6. The standard InChI is InChI=1S/C10H7N5O5S/c16-9-5-21-10(12-9)13-11-4-6-7(14(17)18)2-1-3-8(6)15(19)20/h1-4H,5H2,(H,12,13,16). The Morgan fingerprint density at radius 1 is 1.24 bits per heavy atom. The van der Waals surface area contributed by atoms with Gasteiger partial charge in [-0.15, -0.1) is 5.10 Å². The molecular weight excluding hydrogens is 302 g/mol. The molecule has 1 saturated heterocycles. The van der Waals surface area contributed by atoms with Crippen LogP contribution in [-0.2, 0) is 4.79 Å². The lowest BCUT2D eigenvalue weighted by atomic mass is 10.1. The van der Waals surface area contributed by atoms with Gasteiger partial charge >= 0.3 is 0 Å². The molecular formula is C10H7N5O5S. The van der Waals surface area contributed by atoms with E-state index in [0.717, 1.165) is 30.1 Å². The number of hydrogen-bond donors (Lipinski definition) is 1. The van der Waals surface area contributed by atoms with Crippen LogP contribution in [0.4, 0.5) is 11.4 Å². The van der Waals surface area contributed by atoms with Crippen LogP contribution in [0.3, 0.4) is 0 Å². The summed E-state index contributed by atoms with van der Waals surface area (Å²) < 4.78 is 0. The van der Waals surface area contributed by atoms with Gasteiger partial charge in [-0.05, 0) is 6.07 Å². The van der Waals surface area contributed by atoms with Crippen LogP contribution in [0.5, 0.6) is 0 Å². The minimum Gasteiger partial charge on any atom is -0.303 e. The molecule has 1 heterocycles. The zero-order chi connectivity index (χ0) is 15.4. The zero-order valence-corrected chi connectivity index (χ0v) is 11.1. The lowest BCUT2D eigenvalue weighted by Gasteiger charge is -1.98. The maximum absolute atomic E-state index is 10.9. The van der Waals surface area contributed by atoms with Crippen molar-refractivity contribution < 1.29 is 14.6 Å². The summed E-state index contributed by atoms with van der Waals surface area (Å²) in [6.45, 7) is 0. The van der Waals surface area contributed by atoms with E-state index < -0.39 is 21.2 Å². The summed E-state index contributed by atoms with van der Waals surface area (Å²) in [4.78, 5) is 31.2. The molecule has 11 heteroatoms. The van der Waals surface area contributed by atoms with Crippen molar-refractivity contribution in [2.24, 2.45) is 10.2 Å². The summed E-state index contributed by atoms with van der Waals surface area (Å²) in [6.07, 6.45) is 0.925. The maximum atomic E-state index is 10.9. The van der Waals surface area contributed by atoms with E-state index in [1.807, 2.05) is 0 Å². The Morgan fingerprint density at radius 2 is 1.86 bits per heavy atom. The summed E-state index contributed by atoms with van der Waals surface area (Å²) in [7, 11) is 0. The van der Waals surface area contributed by atoms with E-state index in [1.165, 1.54) is 6.07 Å². The van der Waals surface area contributed by atoms with E-state index in [-0.39, 0.29) is 22.4 Å². The Kier molecular flexibility index (Phi) is 4.23. The molecule has 1 aromatic rings. The first-order valence-corrected chi connectivity index (χ1v) is 6.43. The Bertz CT molecular complexity index is 654. The lowest BCUT2D eigenvalue weighted by molar-refractivity contribution is -0.394. The highest BCUT2D eigenvalue weighted by molar-refractivity contribution is 8.15. The highest BCUT2D eigenvalue weighted by Gasteiger charge is 2.23. The Hall–Kier alpha value is -2.82. The number of hydrogen-bond acceptors (Lipinski definition) is 8. The van der Waals surface area contributed by atoms with Crippen molar-refractivity contribution >= 4 is 40.4 Å². The van der Waals surface area contributed by atoms with Gasteiger partial charge in [-0.3, -0.25) is 25.0 Å². The summed E-state index contributed by atoms with van der Waals surface area (Å²) in [6, 6.07) is 3.48. The van der Waals surface area contributed by atoms with Crippen molar-refractivity contribution in [3.05, 3.63) is 44.0 Å². The smallest absolute Gasteiger partial charge is 0.285 e. The Labute approximate surface area is 121 Å². The summed E-state index contributed by atoms with van der Waals surface area (Å²) >= 11 is 1.11. The van der Waals surface area contributed by atoms with E-state index in [1.54, 1.807) is 0 Å². The average molecular weight is 309 g/mol. The molecule has 0 atom stereocenters.